The lowest BCUT2D eigenvalue weighted by Crippen LogP contribution is -2.10. The Kier molecular flexibility index (Phi) is 4.91. The highest BCUT2D eigenvalue weighted by Crippen LogP contribution is 2.28. The Bertz CT molecular complexity index is 634. The summed E-state index contributed by atoms with van der Waals surface area (Å²) >= 11 is 5.71. The van der Waals surface area contributed by atoms with Crippen molar-refractivity contribution in [1.82, 2.24) is 4.98 Å². The Balaban J connectivity index is 2.16. The van der Waals surface area contributed by atoms with Gasteiger partial charge >= 0.3 is 5.69 Å². The number of rotatable bonds is 6. The van der Waals surface area contributed by atoms with Crippen molar-refractivity contribution in [3.8, 4) is 5.75 Å². The van der Waals surface area contributed by atoms with Gasteiger partial charge in [0.2, 0.25) is 5.82 Å². The van der Waals surface area contributed by atoms with Crippen LogP contribution in [0.2, 0.25) is 5.02 Å². The fourth-order valence-electron chi connectivity index (χ4n) is 1.61. The van der Waals surface area contributed by atoms with Crippen molar-refractivity contribution in [2.24, 2.45) is 5.73 Å². The number of ether oxygens (including phenoxy) is 1. The van der Waals surface area contributed by atoms with E-state index in [2.05, 4.69) is 10.3 Å². The summed E-state index contributed by atoms with van der Waals surface area (Å²) in [4.78, 5) is 14.4. The van der Waals surface area contributed by atoms with Crippen molar-refractivity contribution in [2.45, 2.75) is 0 Å². The van der Waals surface area contributed by atoms with Crippen LogP contribution >= 0.6 is 11.6 Å². The Morgan fingerprint density at radius 3 is 2.71 bits per heavy atom. The van der Waals surface area contributed by atoms with Gasteiger partial charge in [0.15, 0.2) is 0 Å². The van der Waals surface area contributed by atoms with Gasteiger partial charge < -0.3 is 15.8 Å². The topological polar surface area (TPSA) is 103 Å². The average Bonchev–Trinajstić information content (AvgIpc) is 2.48. The molecule has 2 rings (SSSR count). The molecule has 1 aromatic heterocycles. The van der Waals surface area contributed by atoms with Gasteiger partial charge in [-0.1, -0.05) is 11.6 Å². The summed E-state index contributed by atoms with van der Waals surface area (Å²) in [5.41, 5.74) is 5.80. The highest BCUT2D eigenvalue weighted by molar-refractivity contribution is 6.30. The third-order valence-electron chi connectivity index (χ3n) is 2.53. The van der Waals surface area contributed by atoms with E-state index in [0.29, 0.717) is 24.6 Å². The normalized spacial score (nSPS) is 10.2. The van der Waals surface area contributed by atoms with Crippen molar-refractivity contribution in [3.63, 3.8) is 0 Å². The van der Waals surface area contributed by atoms with Crippen LogP contribution in [0.5, 0.6) is 5.75 Å². The summed E-state index contributed by atoms with van der Waals surface area (Å²) in [6.45, 7) is 0.859. The van der Waals surface area contributed by atoms with E-state index in [0.717, 1.165) is 0 Å². The molecule has 0 fully saturated rings. The predicted molar refractivity (Wildman–Crippen MR) is 80.2 cm³/mol. The van der Waals surface area contributed by atoms with Crippen LogP contribution in [-0.2, 0) is 0 Å². The lowest BCUT2D eigenvalue weighted by Gasteiger charge is -2.08. The standard InChI is InChI=1S/C13H13ClN4O3/c14-9-7-12(18(19)20)13(16-8-9)17-10-1-3-11(4-2-10)21-6-5-15/h1-4,7-8H,5-6,15H2,(H,16,17). The molecular formula is C13H13ClN4O3. The number of hydrogen-bond donors (Lipinski definition) is 2. The summed E-state index contributed by atoms with van der Waals surface area (Å²) in [7, 11) is 0. The molecule has 1 aromatic carbocycles. The molecule has 7 nitrogen and oxygen atoms in total. The number of pyridine rings is 1. The number of aromatic nitrogens is 1. The fraction of sp³-hybridized carbons (Fsp3) is 0.154. The van der Waals surface area contributed by atoms with Crippen LogP contribution in [0.3, 0.4) is 0 Å². The van der Waals surface area contributed by atoms with Crippen LogP contribution in [0.4, 0.5) is 17.2 Å². The second-order valence-electron chi connectivity index (χ2n) is 4.06. The summed E-state index contributed by atoms with van der Waals surface area (Å²) in [6, 6.07) is 8.17. The fourth-order valence-corrected chi connectivity index (χ4v) is 1.76. The molecule has 3 N–H and O–H groups in total. The third-order valence-corrected chi connectivity index (χ3v) is 2.74. The predicted octanol–water partition coefficient (Wildman–Crippen LogP) is 2.72. The highest BCUT2D eigenvalue weighted by atomic mass is 35.5. The van der Waals surface area contributed by atoms with Gasteiger partial charge in [-0.3, -0.25) is 10.1 Å². The van der Waals surface area contributed by atoms with Gasteiger partial charge in [-0.05, 0) is 24.3 Å². The maximum absolute atomic E-state index is 11.0. The smallest absolute Gasteiger partial charge is 0.313 e. The summed E-state index contributed by atoms with van der Waals surface area (Å²) < 4.78 is 5.34. The van der Waals surface area contributed by atoms with Crippen molar-refractivity contribution in [3.05, 3.63) is 51.7 Å². The molecule has 0 saturated carbocycles. The van der Waals surface area contributed by atoms with Crippen molar-refractivity contribution in [1.29, 1.82) is 0 Å². The summed E-state index contributed by atoms with van der Waals surface area (Å²) in [5, 5.41) is 14.1. The van der Waals surface area contributed by atoms with Crippen LogP contribution in [0.15, 0.2) is 36.5 Å². The van der Waals surface area contributed by atoms with Crippen molar-refractivity contribution in [2.75, 3.05) is 18.5 Å². The number of nitro groups is 1. The lowest BCUT2D eigenvalue weighted by atomic mass is 10.3. The SMILES string of the molecule is NCCOc1ccc(Nc2ncc(Cl)cc2[N+](=O)[O-])cc1. The lowest BCUT2D eigenvalue weighted by molar-refractivity contribution is -0.384. The second-order valence-corrected chi connectivity index (χ2v) is 4.50. The van der Waals surface area contributed by atoms with Gasteiger partial charge in [0.1, 0.15) is 12.4 Å². The molecule has 0 bridgehead atoms. The molecule has 0 aliphatic rings. The maximum atomic E-state index is 11.0. The Labute approximate surface area is 125 Å². The number of hydrogen-bond acceptors (Lipinski definition) is 6. The number of anilines is 2. The van der Waals surface area contributed by atoms with E-state index in [1.807, 2.05) is 0 Å². The largest absolute Gasteiger partial charge is 0.492 e. The van der Waals surface area contributed by atoms with Crippen LogP contribution in [-0.4, -0.2) is 23.1 Å². The minimum absolute atomic E-state index is 0.125. The summed E-state index contributed by atoms with van der Waals surface area (Å²) in [6.07, 6.45) is 1.34. The minimum Gasteiger partial charge on any atom is -0.492 e. The monoisotopic (exact) mass is 308 g/mol. The van der Waals surface area contributed by atoms with Crippen LogP contribution in [0, 0.1) is 10.1 Å². The zero-order valence-corrected chi connectivity index (χ0v) is 11.7. The molecule has 0 amide bonds. The molecule has 2 aromatic rings. The molecule has 8 heteroatoms. The van der Waals surface area contributed by atoms with E-state index in [1.165, 1.54) is 12.3 Å². The van der Waals surface area contributed by atoms with E-state index in [4.69, 9.17) is 22.1 Å². The van der Waals surface area contributed by atoms with Crippen molar-refractivity contribution >= 4 is 28.8 Å². The molecule has 0 saturated heterocycles. The zero-order chi connectivity index (χ0) is 15.2. The Hall–Kier alpha value is -2.38. The quantitative estimate of drug-likeness (QED) is 0.628. The first-order valence-corrected chi connectivity index (χ1v) is 6.48. The van der Waals surface area contributed by atoms with E-state index in [1.54, 1.807) is 24.3 Å². The Morgan fingerprint density at radius 2 is 2.10 bits per heavy atom. The van der Waals surface area contributed by atoms with Crippen molar-refractivity contribution < 1.29 is 9.66 Å². The molecule has 21 heavy (non-hydrogen) atoms. The van der Waals surface area contributed by atoms with E-state index in [-0.39, 0.29) is 16.5 Å². The van der Waals surface area contributed by atoms with E-state index in [9.17, 15) is 10.1 Å². The van der Waals surface area contributed by atoms with Crippen LogP contribution in [0.1, 0.15) is 0 Å². The Morgan fingerprint density at radius 1 is 1.38 bits per heavy atom. The van der Waals surface area contributed by atoms with Gasteiger partial charge in [0.25, 0.3) is 0 Å². The van der Waals surface area contributed by atoms with Crippen LogP contribution in [0.25, 0.3) is 0 Å². The molecule has 1 heterocycles. The number of halogens is 1. The highest BCUT2D eigenvalue weighted by Gasteiger charge is 2.16. The molecule has 0 aliphatic carbocycles. The maximum Gasteiger partial charge on any atom is 0.313 e. The molecule has 0 aliphatic heterocycles. The molecule has 0 spiro atoms. The van der Waals surface area contributed by atoms with Gasteiger partial charge in [0.05, 0.1) is 9.95 Å². The zero-order valence-electron chi connectivity index (χ0n) is 11.0. The number of nitrogens with zero attached hydrogens (tertiary/aromatic N) is 2. The first kappa shape index (κ1) is 15.0. The third kappa shape index (κ3) is 4.04. The number of nitrogens with two attached hydrogens (primary N) is 1. The van der Waals surface area contributed by atoms with Gasteiger partial charge in [-0.25, -0.2) is 4.98 Å². The molecule has 0 atom stereocenters. The average molecular weight is 309 g/mol. The second kappa shape index (κ2) is 6.87. The van der Waals surface area contributed by atoms with E-state index >= 15 is 0 Å². The number of nitrogens with one attached hydrogen (secondary N) is 1. The first-order valence-electron chi connectivity index (χ1n) is 6.10. The minimum atomic E-state index is -0.542. The molecule has 0 radical (unpaired) electrons. The summed E-state index contributed by atoms with van der Waals surface area (Å²) in [5.74, 6) is 0.796. The van der Waals surface area contributed by atoms with E-state index < -0.39 is 4.92 Å². The number of benzene rings is 1. The first-order chi connectivity index (χ1) is 10.1. The van der Waals surface area contributed by atoms with Crippen LogP contribution < -0.4 is 15.8 Å². The molecular weight excluding hydrogens is 296 g/mol. The molecule has 0 unspecified atom stereocenters. The van der Waals surface area contributed by atoms with Gasteiger partial charge in [-0.15, -0.1) is 0 Å². The van der Waals surface area contributed by atoms with Gasteiger partial charge in [0, 0.05) is 24.5 Å². The molecule has 110 valence electrons. The van der Waals surface area contributed by atoms with Gasteiger partial charge in [-0.2, -0.15) is 0 Å².